The molecule has 1 N–H and O–H groups in total. The number of nitrogens with one attached hydrogen (secondary N) is 1. The molecule has 110 valence electrons. The second-order valence-corrected chi connectivity index (χ2v) is 5.80. The van der Waals surface area contributed by atoms with E-state index in [0.29, 0.717) is 0 Å². The monoisotopic (exact) mass is 282 g/mol. The molecule has 0 fully saturated rings. The Morgan fingerprint density at radius 1 is 1.29 bits per heavy atom. The first-order valence-electron chi connectivity index (χ1n) is 7.23. The van der Waals surface area contributed by atoms with Crippen LogP contribution in [0.3, 0.4) is 0 Å². The van der Waals surface area contributed by atoms with Crippen LogP contribution in [0.1, 0.15) is 37.6 Å². The molecule has 0 aliphatic heterocycles. The van der Waals surface area contributed by atoms with E-state index >= 15 is 0 Å². The van der Waals surface area contributed by atoms with Crippen LogP contribution in [0.25, 0.3) is 0 Å². The lowest BCUT2D eigenvalue weighted by molar-refractivity contribution is 0.687. The fourth-order valence-corrected chi connectivity index (χ4v) is 2.30. The third-order valence-electron chi connectivity index (χ3n) is 3.70. The zero-order valence-electron chi connectivity index (χ0n) is 13.1. The summed E-state index contributed by atoms with van der Waals surface area (Å²) in [5, 5.41) is 17.0. The number of hydrogen-bond acceptors (Lipinski definition) is 3. The van der Waals surface area contributed by atoms with E-state index in [9.17, 15) is 0 Å². The van der Waals surface area contributed by atoms with Gasteiger partial charge in [-0.05, 0) is 38.0 Å². The molecule has 21 heavy (non-hydrogen) atoms. The van der Waals surface area contributed by atoms with Gasteiger partial charge in [0.25, 0.3) is 0 Å². The first-order valence-corrected chi connectivity index (χ1v) is 7.23. The molecule has 1 heterocycles. The summed E-state index contributed by atoms with van der Waals surface area (Å²) in [6, 6.07) is 10.4. The average Bonchev–Trinajstić information content (AvgIpc) is 2.85. The van der Waals surface area contributed by atoms with Gasteiger partial charge in [-0.2, -0.15) is 10.4 Å². The lowest BCUT2D eigenvalue weighted by Gasteiger charge is -2.16. The molecular formula is C17H22N4. The summed E-state index contributed by atoms with van der Waals surface area (Å²) in [6.07, 6.45) is 2.99. The quantitative estimate of drug-likeness (QED) is 0.914. The zero-order chi connectivity index (χ0) is 15.5. The number of aromatic nitrogens is 2. The predicted octanol–water partition coefficient (Wildman–Crippen LogP) is 3.40. The van der Waals surface area contributed by atoms with Gasteiger partial charge in [-0.15, -0.1) is 0 Å². The van der Waals surface area contributed by atoms with E-state index in [0.717, 1.165) is 29.9 Å². The molecule has 0 spiro atoms. The normalized spacial score (nSPS) is 11.2. The van der Waals surface area contributed by atoms with Crippen molar-refractivity contribution in [3.63, 3.8) is 0 Å². The molecular weight excluding hydrogens is 260 g/mol. The van der Waals surface area contributed by atoms with Crippen molar-refractivity contribution < 1.29 is 0 Å². The Morgan fingerprint density at radius 2 is 1.95 bits per heavy atom. The fraction of sp³-hybridized carbons (Fsp3) is 0.412. The Labute approximate surface area is 126 Å². The maximum atomic E-state index is 9.15. The highest BCUT2D eigenvalue weighted by Crippen LogP contribution is 2.23. The highest BCUT2D eigenvalue weighted by atomic mass is 15.3. The van der Waals surface area contributed by atoms with E-state index in [2.05, 4.69) is 29.6 Å². The lowest BCUT2D eigenvalue weighted by Crippen LogP contribution is -2.13. The highest BCUT2D eigenvalue weighted by molar-refractivity contribution is 5.47. The number of rotatable bonds is 5. The number of aryl methyl sites for hydroxylation is 2. The zero-order valence-corrected chi connectivity index (χ0v) is 13.1. The van der Waals surface area contributed by atoms with Crippen molar-refractivity contribution in [3.05, 3.63) is 47.3 Å². The molecule has 0 saturated heterocycles. The van der Waals surface area contributed by atoms with Crippen molar-refractivity contribution in [2.75, 3.05) is 5.32 Å². The van der Waals surface area contributed by atoms with Crippen LogP contribution in [-0.4, -0.2) is 9.78 Å². The van der Waals surface area contributed by atoms with Crippen molar-refractivity contribution in [2.24, 2.45) is 7.05 Å². The lowest BCUT2D eigenvalue weighted by atomic mass is 9.86. The molecule has 1 aromatic carbocycles. The Hall–Kier alpha value is -2.28. The minimum Gasteiger partial charge on any atom is -0.381 e. The molecule has 2 rings (SSSR count). The molecule has 0 aliphatic carbocycles. The largest absolute Gasteiger partial charge is 0.381 e. The van der Waals surface area contributed by atoms with Crippen LogP contribution in [0, 0.1) is 11.3 Å². The van der Waals surface area contributed by atoms with Gasteiger partial charge in [0.15, 0.2) is 0 Å². The van der Waals surface area contributed by atoms with E-state index in [4.69, 9.17) is 5.26 Å². The number of nitriles is 1. The molecule has 1 aromatic heterocycles. The molecule has 0 radical (unpaired) electrons. The Bertz CT molecular complexity index is 644. The number of hydrogen-bond donors (Lipinski definition) is 1. The van der Waals surface area contributed by atoms with E-state index in [-0.39, 0.29) is 0 Å². The average molecular weight is 282 g/mol. The first-order chi connectivity index (χ1) is 9.96. The summed E-state index contributed by atoms with van der Waals surface area (Å²) in [6.45, 7) is 6.74. The van der Waals surface area contributed by atoms with Crippen LogP contribution in [0.4, 0.5) is 5.69 Å². The summed E-state index contributed by atoms with van der Waals surface area (Å²) >= 11 is 0. The Morgan fingerprint density at radius 3 is 2.52 bits per heavy atom. The Balaban J connectivity index is 2.06. The summed E-state index contributed by atoms with van der Waals surface area (Å²) in [5.41, 5.74) is 4.00. The van der Waals surface area contributed by atoms with Crippen molar-refractivity contribution in [2.45, 2.75) is 39.2 Å². The second-order valence-electron chi connectivity index (χ2n) is 5.80. The standard InChI is InChI=1S/C17H22N4/c1-5-16-13(11-21(4)20-16)10-19-15-8-6-14(7-9-15)17(2,3)12-18/h6-9,11,19H,5,10H2,1-4H3. The third-order valence-corrected chi connectivity index (χ3v) is 3.70. The molecule has 0 aliphatic rings. The van der Waals surface area contributed by atoms with Gasteiger partial charge in [0.1, 0.15) is 0 Å². The summed E-state index contributed by atoms with van der Waals surface area (Å²) in [5.74, 6) is 0. The number of benzene rings is 1. The molecule has 0 atom stereocenters. The van der Waals surface area contributed by atoms with Crippen molar-refractivity contribution in [1.82, 2.24) is 9.78 Å². The SMILES string of the molecule is CCc1nn(C)cc1CNc1ccc(C(C)(C)C#N)cc1. The summed E-state index contributed by atoms with van der Waals surface area (Å²) in [4.78, 5) is 0. The molecule has 4 heteroatoms. The number of anilines is 1. The minimum atomic E-state index is -0.447. The summed E-state index contributed by atoms with van der Waals surface area (Å²) in [7, 11) is 1.95. The molecule has 0 unspecified atom stereocenters. The van der Waals surface area contributed by atoms with Crippen LogP contribution in [0.15, 0.2) is 30.5 Å². The predicted molar refractivity (Wildman–Crippen MR) is 85.0 cm³/mol. The fourth-order valence-electron chi connectivity index (χ4n) is 2.30. The second kappa shape index (κ2) is 6.01. The van der Waals surface area contributed by atoms with Crippen LogP contribution in [-0.2, 0) is 25.4 Å². The topological polar surface area (TPSA) is 53.6 Å². The van der Waals surface area contributed by atoms with Gasteiger partial charge < -0.3 is 5.32 Å². The minimum absolute atomic E-state index is 0.447. The van der Waals surface area contributed by atoms with Gasteiger partial charge in [-0.1, -0.05) is 19.1 Å². The number of nitrogens with zero attached hydrogens (tertiary/aromatic N) is 3. The van der Waals surface area contributed by atoms with Crippen molar-refractivity contribution in [1.29, 1.82) is 5.26 Å². The van der Waals surface area contributed by atoms with Gasteiger partial charge in [0.2, 0.25) is 0 Å². The van der Waals surface area contributed by atoms with Crippen molar-refractivity contribution in [3.8, 4) is 6.07 Å². The maximum absolute atomic E-state index is 9.15. The van der Waals surface area contributed by atoms with Gasteiger partial charge in [0, 0.05) is 31.0 Å². The first kappa shape index (κ1) is 15.1. The van der Waals surface area contributed by atoms with Gasteiger partial charge in [-0.25, -0.2) is 0 Å². The molecule has 0 saturated carbocycles. The van der Waals surface area contributed by atoms with Crippen LogP contribution in [0.2, 0.25) is 0 Å². The van der Waals surface area contributed by atoms with Crippen LogP contribution >= 0.6 is 0 Å². The smallest absolute Gasteiger partial charge is 0.0766 e. The third kappa shape index (κ3) is 3.43. The van der Waals surface area contributed by atoms with E-state index in [1.807, 2.05) is 49.8 Å². The van der Waals surface area contributed by atoms with Crippen molar-refractivity contribution >= 4 is 5.69 Å². The summed E-state index contributed by atoms with van der Waals surface area (Å²) < 4.78 is 1.86. The molecule has 0 bridgehead atoms. The van der Waals surface area contributed by atoms with E-state index in [1.165, 1.54) is 5.56 Å². The molecule has 0 amide bonds. The van der Waals surface area contributed by atoms with Gasteiger partial charge in [0.05, 0.1) is 17.2 Å². The van der Waals surface area contributed by atoms with Gasteiger partial charge in [-0.3, -0.25) is 4.68 Å². The van der Waals surface area contributed by atoms with E-state index in [1.54, 1.807) is 0 Å². The highest BCUT2D eigenvalue weighted by Gasteiger charge is 2.19. The van der Waals surface area contributed by atoms with Gasteiger partial charge >= 0.3 is 0 Å². The molecule has 4 nitrogen and oxygen atoms in total. The molecule has 2 aromatic rings. The van der Waals surface area contributed by atoms with E-state index < -0.39 is 5.41 Å². The van der Waals surface area contributed by atoms with Crippen LogP contribution in [0.5, 0.6) is 0 Å². The van der Waals surface area contributed by atoms with Crippen LogP contribution < -0.4 is 5.32 Å². The maximum Gasteiger partial charge on any atom is 0.0766 e. The Kier molecular flexibility index (Phi) is 4.32.